The number of carbonyl (C=O) groups excluding carboxylic acids is 1. The summed E-state index contributed by atoms with van der Waals surface area (Å²) < 4.78 is 20.9. The second kappa shape index (κ2) is 9.82. The molecule has 7 nitrogen and oxygen atoms in total. The number of carbonyl (C=O) groups is 1. The van der Waals surface area contributed by atoms with Gasteiger partial charge in [0.1, 0.15) is 19.0 Å². The molecular formula is C18H20N2O5. The molecule has 2 rings (SSSR count). The molecule has 25 heavy (non-hydrogen) atoms. The predicted molar refractivity (Wildman–Crippen MR) is 93.6 cm³/mol. The van der Waals surface area contributed by atoms with E-state index in [-0.39, 0.29) is 0 Å². The van der Waals surface area contributed by atoms with Gasteiger partial charge in [-0.05, 0) is 42.0 Å². The molecule has 0 aliphatic rings. The summed E-state index contributed by atoms with van der Waals surface area (Å²) in [6, 6.07) is 14.7. The zero-order valence-corrected chi connectivity index (χ0v) is 14.1. The average Bonchev–Trinajstić information content (AvgIpc) is 2.66. The first-order chi connectivity index (χ1) is 12.2. The Morgan fingerprint density at radius 1 is 1.00 bits per heavy atom. The van der Waals surface area contributed by atoms with Gasteiger partial charge in [-0.1, -0.05) is 12.1 Å². The van der Waals surface area contributed by atoms with Crippen molar-refractivity contribution < 1.29 is 23.7 Å². The van der Waals surface area contributed by atoms with Gasteiger partial charge in [-0.2, -0.15) is 5.10 Å². The number of nitrogens with zero attached hydrogens (tertiary/aromatic N) is 1. The molecule has 2 aromatic rings. The summed E-state index contributed by atoms with van der Waals surface area (Å²) in [6.45, 7) is 0.794. The lowest BCUT2D eigenvalue weighted by Gasteiger charge is -2.11. The van der Waals surface area contributed by atoms with E-state index >= 15 is 0 Å². The van der Waals surface area contributed by atoms with Crippen LogP contribution >= 0.6 is 0 Å². The molecule has 7 heteroatoms. The quantitative estimate of drug-likeness (QED) is 0.453. The number of para-hydroxylation sites is 2. The number of hydrazone groups is 1. The minimum atomic E-state index is -0.619. The van der Waals surface area contributed by atoms with Crippen molar-refractivity contribution in [2.45, 2.75) is 0 Å². The molecule has 1 amide bonds. The monoisotopic (exact) mass is 344 g/mol. The third-order valence-corrected chi connectivity index (χ3v) is 3.11. The first-order valence-corrected chi connectivity index (χ1v) is 7.58. The van der Waals surface area contributed by atoms with Crippen molar-refractivity contribution in [1.82, 2.24) is 5.43 Å². The van der Waals surface area contributed by atoms with Crippen LogP contribution in [0.3, 0.4) is 0 Å². The van der Waals surface area contributed by atoms with Gasteiger partial charge in [-0.15, -0.1) is 0 Å². The summed E-state index contributed by atoms with van der Waals surface area (Å²) in [5.41, 5.74) is 3.03. The van der Waals surface area contributed by atoms with Gasteiger partial charge in [-0.25, -0.2) is 10.2 Å². The van der Waals surface area contributed by atoms with Crippen LogP contribution in [0.5, 0.6) is 17.2 Å². The Balaban J connectivity index is 1.75. The van der Waals surface area contributed by atoms with Gasteiger partial charge in [0.25, 0.3) is 0 Å². The molecule has 0 unspecified atom stereocenters. The van der Waals surface area contributed by atoms with Gasteiger partial charge in [0, 0.05) is 0 Å². The number of rotatable bonds is 8. The van der Waals surface area contributed by atoms with E-state index in [1.807, 2.05) is 48.5 Å². The number of ether oxygens (including phenoxy) is 4. The van der Waals surface area contributed by atoms with E-state index in [0.29, 0.717) is 30.5 Å². The van der Waals surface area contributed by atoms with E-state index in [4.69, 9.17) is 14.2 Å². The lowest BCUT2D eigenvalue weighted by Crippen LogP contribution is -2.16. The maximum atomic E-state index is 10.9. The van der Waals surface area contributed by atoms with Gasteiger partial charge < -0.3 is 18.9 Å². The molecule has 0 fully saturated rings. The van der Waals surface area contributed by atoms with Crippen LogP contribution in [0.15, 0.2) is 53.6 Å². The Bertz CT molecular complexity index is 701. The fourth-order valence-electron chi connectivity index (χ4n) is 1.90. The molecule has 1 N–H and O–H groups in total. The van der Waals surface area contributed by atoms with Gasteiger partial charge in [0.15, 0.2) is 11.5 Å². The van der Waals surface area contributed by atoms with Crippen molar-refractivity contribution in [3.05, 3.63) is 54.1 Å². The van der Waals surface area contributed by atoms with Crippen LogP contribution in [0.4, 0.5) is 4.79 Å². The molecule has 0 spiro atoms. The maximum Gasteiger partial charge on any atom is 0.427 e. The molecule has 0 atom stereocenters. The molecule has 0 aliphatic heterocycles. The summed E-state index contributed by atoms with van der Waals surface area (Å²) in [5.74, 6) is 2.08. The Kier molecular flexibility index (Phi) is 7.12. The number of hydrogen-bond donors (Lipinski definition) is 1. The van der Waals surface area contributed by atoms with Crippen LogP contribution < -0.4 is 19.6 Å². The largest absolute Gasteiger partial charge is 0.493 e. The Morgan fingerprint density at radius 3 is 2.36 bits per heavy atom. The number of amides is 1. The van der Waals surface area contributed by atoms with E-state index in [2.05, 4.69) is 15.3 Å². The zero-order valence-electron chi connectivity index (χ0n) is 14.1. The zero-order chi connectivity index (χ0) is 17.9. The summed E-state index contributed by atoms with van der Waals surface area (Å²) in [5, 5.41) is 3.75. The highest BCUT2D eigenvalue weighted by atomic mass is 16.5. The standard InChI is InChI=1S/C18H20N2O5/c1-22-16-5-3-4-6-17(16)25-12-11-24-15-9-7-14(8-10-15)13-19-20-18(21)23-2/h3-10,13H,11-12H2,1-2H3,(H,20,21)/b19-13+. The molecule has 0 saturated carbocycles. The van der Waals surface area contributed by atoms with Gasteiger partial charge in [0.05, 0.1) is 20.4 Å². The normalized spacial score (nSPS) is 10.3. The maximum absolute atomic E-state index is 10.9. The Morgan fingerprint density at radius 2 is 1.68 bits per heavy atom. The number of nitrogens with one attached hydrogen (secondary N) is 1. The van der Waals surface area contributed by atoms with Gasteiger partial charge in [0.2, 0.25) is 0 Å². The summed E-state index contributed by atoms with van der Waals surface area (Å²) in [4.78, 5) is 10.9. The summed E-state index contributed by atoms with van der Waals surface area (Å²) in [6.07, 6.45) is 0.886. The molecule has 2 aromatic carbocycles. The van der Waals surface area contributed by atoms with Crippen molar-refractivity contribution in [1.29, 1.82) is 0 Å². The Labute approximate surface area is 146 Å². The fraction of sp³-hybridized carbons (Fsp3) is 0.222. The SMILES string of the molecule is COC(=O)N/N=C/c1ccc(OCCOc2ccccc2OC)cc1. The van der Waals surface area contributed by atoms with E-state index in [0.717, 1.165) is 5.56 Å². The lowest BCUT2D eigenvalue weighted by atomic mass is 10.2. The van der Waals surface area contributed by atoms with E-state index in [1.54, 1.807) is 7.11 Å². The van der Waals surface area contributed by atoms with Crippen LogP contribution in [0.1, 0.15) is 5.56 Å². The average molecular weight is 344 g/mol. The number of benzene rings is 2. The molecule has 132 valence electrons. The van der Waals surface area contributed by atoms with Gasteiger partial charge >= 0.3 is 6.09 Å². The highest BCUT2D eigenvalue weighted by Crippen LogP contribution is 2.25. The van der Waals surface area contributed by atoms with Crippen molar-refractivity contribution in [3.63, 3.8) is 0 Å². The first kappa shape index (κ1) is 18.1. The minimum absolute atomic E-state index is 0.395. The van der Waals surface area contributed by atoms with Crippen molar-refractivity contribution in [2.75, 3.05) is 27.4 Å². The molecule has 0 bridgehead atoms. The van der Waals surface area contributed by atoms with Crippen LogP contribution in [-0.4, -0.2) is 39.7 Å². The summed E-state index contributed by atoms with van der Waals surface area (Å²) in [7, 11) is 2.87. The minimum Gasteiger partial charge on any atom is -0.493 e. The van der Waals surface area contributed by atoms with Gasteiger partial charge in [-0.3, -0.25) is 0 Å². The molecule has 0 radical (unpaired) electrons. The fourth-order valence-corrected chi connectivity index (χ4v) is 1.90. The second-order valence-corrected chi connectivity index (χ2v) is 4.78. The van der Waals surface area contributed by atoms with Crippen molar-refractivity contribution >= 4 is 12.3 Å². The molecule has 0 aromatic heterocycles. The highest BCUT2D eigenvalue weighted by Gasteiger charge is 2.02. The number of methoxy groups -OCH3 is 2. The predicted octanol–water partition coefficient (Wildman–Crippen LogP) is 2.84. The molecule has 0 aliphatic carbocycles. The van der Waals surface area contributed by atoms with E-state index < -0.39 is 6.09 Å². The molecule has 0 heterocycles. The summed E-state index contributed by atoms with van der Waals surface area (Å²) >= 11 is 0. The second-order valence-electron chi connectivity index (χ2n) is 4.78. The van der Waals surface area contributed by atoms with Crippen LogP contribution in [-0.2, 0) is 4.74 Å². The topological polar surface area (TPSA) is 78.4 Å². The van der Waals surface area contributed by atoms with Crippen LogP contribution in [0.2, 0.25) is 0 Å². The molecule has 0 saturated heterocycles. The molecular weight excluding hydrogens is 324 g/mol. The first-order valence-electron chi connectivity index (χ1n) is 7.58. The van der Waals surface area contributed by atoms with Crippen LogP contribution in [0.25, 0.3) is 0 Å². The smallest absolute Gasteiger partial charge is 0.427 e. The third-order valence-electron chi connectivity index (χ3n) is 3.11. The third kappa shape index (κ3) is 6.06. The van der Waals surface area contributed by atoms with Crippen LogP contribution in [0, 0.1) is 0 Å². The van der Waals surface area contributed by atoms with Crippen molar-refractivity contribution in [3.8, 4) is 17.2 Å². The lowest BCUT2D eigenvalue weighted by molar-refractivity contribution is 0.171. The number of hydrogen-bond acceptors (Lipinski definition) is 6. The van der Waals surface area contributed by atoms with E-state index in [9.17, 15) is 4.79 Å². The highest BCUT2D eigenvalue weighted by molar-refractivity contribution is 5.80. The van der Waals surface area contributed by atoms with E-state index in [1.165, 1.54) is 13.3 Å². The Hall–Kier alpha value is -3.22. The van der Waals surface area contributed by atoms with Crippen molar-refractivity contribution in [2.24, 2.45) is 5.10 Å².